The Hall–Kier alpha value is -1.62. The van der Waals surface area contributed by atoms with Gasteiger partial charge < -0.3 is 4.98 Å². The number of hydrogen-bond acceptors (Lipinski definition) is 2. The molecule has 0 bridgehead atoms. The summed E-state index contributed by atoms with van der Waals surface area (Å²) < 4.78 is 26.6. The van der Waals surface area contributed by atoms with Crippen molar-refractivity contribution >= 4 is 12.2 Å². The summed E-state index contributed by atoms with van der Waals surface area (Å²) in [7, 11) is 0. The fraction of sp³-hybridized carbons (Fsp3) is 0.231. The summed E-state index contributed by atoms with van der Waals surface area (Å²) in [6.45, 7) is 1.99. The molecule has 0 atom stereocenters. The molecule has 0 aliphatic carbocycles. The zero-order valence-corrected chi connectivity index (χ0v) is 10.7. The van der Waals surface area contributed by atoms with E-state index in [1.807, 2.05) is 6.92 Å². The van der Waals surface area contributed by atoms with Gasteiger partial charge in [0, 0.05) is 18.2 Å². The second kappa shape index (κ2) is 5.35. The van der Waals surface area contributed by atoms with Crippen LogP contribution in [0, 0.1) is 16.3 Å². The number of aromatic nitrogens is 2. The van der Waals surface area contributed by atoms with E-state index in [1.165, 1.54) is 12.1 Å². The smallest absolute Gasteiger partial charge is 0.130 e. The highest BCUT2D eigenvalue weighted by Gasteiger charge is 2.04. The molecule has 1 N–H and O–H groups in total. The summed E-state index contributed by atoms with van der Waals surface area (Å²) in [4.78, 5) is 7.25. The van der Waals surface area contributed by atoms with Crippen molar-refractivity contribution in [1.29, 1.82) is 0 Å². The second-order valence-corrected chi connectivity index (χ2v) is 4.42. The van der Waals surface area contributed by atoms with Gasteiger partial charge in [0.2, 0.25) is 0 Å². The van der Waals surface area contributed by atoms with Crippen LogP contribution in [-0.4, -0.2) is 9.97 Å². The van der Waals surface area contributed by atoms with Crippen molar-refractivity contribution in [2.75, 3.05) is 0 Å². The summed E-state index contributed by atoms with van der Waals surface area (Å²) in [6, 6.07) is 5.22. The Morgan fingerprint density at radius 2 is 1.83 bits per heavy atom. The summed E-state index contributed by atoms with van der Waals surface area (Å²) in [6.07, 6.45) is 1.13. The molecular formula is C13H12F2N2S. The topological polar surface area (TPSA) is 28.7 Å². The van der Waals surface area contributed by atoms with E-state index in [4.69, 9.17) is 12.2 Å². The minimum atomic E-state index is -0.588. The van der Waals surface area contributed by atoms with Gasteiger partial charge in [0.25, 0.3) is 0 Å². The highest BCUT2D eigenvalue weighted by atomic mass is 32.1. The lowest BCUT2D eigenvalue weighted by Gasteiger charge is -2.05. The Balaban J connectivity index is 2.33. The minimum absolute atomic E-state index is 0.326. The molecule has 0 fully saturated rings. The molecule has 0 aliphatic heterocycles. The number of halogens is 2. The van der Waals surface area contributed by atoms with Crippen LogP contribution in [-0.2, 0) is 12.8 Å². The van der Waals surface area contributed by atoms with E-state index in [1.54, 1.807) is 6.07 Å². The number of nitrogens with one attached hydrogen (secondary N) is 1. The largest absolute Gasteiger partial charge is 0.347 e. The zero-order valence-electron chi connectivity index (χ0n) is 9.84. The van der Waals surface area contributed by atoms with Gasteiger partial charge in [0.1, 0.15) is 22.1 Å². The van der Waals surface area contributed by atoms with Crippen LogP contribution in [0.5, 0.6) is 0 Å². The van der Waals surface area contributed by atoms with E-state index in [0.717, 1.165) is 18.2 Å². The van der Waals surface area contributed by atoms with Gasteiger partial charge in [-0.2, -0.15) is 0 Å². The predicted octanol–water partition coefficient (Wildman–Crippen LogP) is 3.57. The molecule has 1 aromatic heterocycles. The standard InChI is InChI=1S/C13H12F2N2S/c1-2-11-7-13(18)17-12(16-11)5-8-3-9(14)6-10(15)4-8/h3-4,6-7H,2,5H2,1H3,(H,16,17,18). The van der Waals surface area contributed by atoms with E-state index in [-0.39, 0.29) is 0 Å². The van der Waals surface area contributed by atoms with Crippen LogP contribution in [0.2, 0.25) is 0 Å². The normalized spacial score (nSPS) is 10.6. The summed E-state index contributed by atoms with van der Waals surface area (Å²) >= 11 is 5.04. The molecule has 2 rings (SSSR count). The van der Waals surface area contributed by atoms with Gasteiger partial charge in [-0.15, -0.1) is 0 Å². The van der Waals surface area contributed by atoms with E-state index in [0.29, 0.717) is 22.4 Å². The van der Waals surface area contributed by atoms with Gasteiger partial charge in [-0.25, -0.2) is 13.8 Å². The van der Waals surface area contributed by atoms with E-state index in [9.17, 15) is 8.78 Å². The van der Waals surface area contributed by atoms with Gasteiger partial charge in [-0.3, -0.25) is 0 Å². The molecule has 0 amide bonds. The van der Waals surface area contributed by atoms with Crippen molar-refractivity contribution < 1.29 is 8.78 Å². The number of aryl methyl sites for hydroxylation is 1. The highest BCUT2D eigenvalue weighted by molar-refractivity contribution is 7.71. The molecule has 0 spiro atoms. The number of hydrogen-bond donors (Lipinski definition) is 1. The van der Waals surface area contributed by atoms with Crippen molar-refractivity contribution in [3.63, 3.8) is 0 Å². The van der Waals surface area contributed by atoms with Crippen molar-refractivity contribution in [3.8, 4) is 0 Å². The molecule has 2 aromatic rings. The van der Waals surface area contributed by atoms with Crippen LogP contribution in [0.4, 0.5) is 8.78 Å². The molecule has 0 radical (unpaired) electrons. The lowest BCUT2D eigenvalue weighted by atomic mass is 10.1. The van der Waals surface area contributed by atoms with Crippen LogP contribution in [0.1, 0.15) is 24.0 Å². The molecule has 18 heavy (non-hydrogen) atoms. The van der Waals surface area contributed by atoms with Crippen molar-refractivity contribution in [3.05, 3.63) is 57.6 Å². The van der Waals surface area contributed by atoms with Crippen molar-refractivity contribution in [1.82, 2.24) is 9.97 Å². The van der Waals surface area contributed by atoms with Crippen LogP contribution in [0.15, 0.2) is 24.3 Å². The predicted molar refractivity (Wildman–Crippen MR) is 68.0 cm³/mol. The van der Waals surface area contributed by atoms with Gasteiger partial charge >= 0.3 is 0 Å². The highest BCUT2D eigenvalue weighted by Crippen LogP contribution is 2.11. The van der Waals surface area contributed by atoms with Gasteiger partial charge in [0.05, 0.1) is 0 Å². The average Bonchev–Trinajstić information content (AvgIpc) is 2.26. The molecule has 94 valence electrons. The first-order chi connectivity index (χ1) is 8.56. The quantitative estimate of drug-likeness (QED) is 0.860. The SMILES string of the molecule is CCc1cc(=S)nc(Cc2cc(F)cc(F)c2)[nH]1. The van der Waals surface area contributed by atoms with Gasteiger partial charge in [-0.1, -0.05) is 19.1 Å². The molecule has 1 aromatic carbocycles. The van der Waals surface area contributed by atoms with E-state index in [2.05, 4.69) is 9.97 Å². The molecule has 2 nitrogen and oxygen atoms in total. The van der Waals surface area contributed by atoms with Crippen LogP contribution in [0.3, 0.4) is 0 Å². The summed E-state index contributed by atoms with van der Waals surface area (Å²) in [5, 5.41) is 0. The lowest BCUT2D eigenvalue weighted by molar-refractivity contribution is 0.580. The van der Waals surface area contributed by atoms with Gasteiger partial charge in [0.15, 0.2) is 0 Å². The first-order valence-corrected chi connectivity index (χ1v) is 6.01. The lowest BCUT2D eigenvalue weighted by Crippen LogP contribution is -2.01. The molecular weight excluding hydrogens is 254 g/mol. The van der Waals surface area contributed by atoms with Crippen LogP contribution >= 0.6 is 12.2 Å². The maximum Gasteiger partial charge on any atom is 0.130 e. The Morgan fingerprint density at radius 3 is 2.44 bits per heavy atom. The number of H-pyrrole nitrogens is 1. The third-order valence-corrected chi connectivity index (χ3v) is 2.73. The number of nitrogens with zero attached hydrogens (tertiary/aromatic N) is 1. The average molecular weight is 266 g/mol. The van der Waals surface area contributed by atoms with Crippen molar-refractivity contribution in [2.24, 2.45) is 0 Å². The fourth-order valence-corrected chi connectivity index (χ4v) is 2.00. The molecule has 5 heteroatoms. The van der Waals surface area contributed by atoms with E-state index >= 15 is 0 Å². The first kappa shape index (κ1) is 12.8. The maximum atomic E-state index is 13.1. The Bertz CT molecular complexity index is 602. The summed E-state index contributed by atoms with van der Waals surface area (Å²) in [5.41, 5.74) is 1.49. The Labute approximate surface area is 109 Å². The Morgan fingerprint density at radius 1 is 1.17 bits per heavy atom. The number of aromatic amines is 1. The molecule has 0 saturated carbocycles. The monoisotopic (exact) mass is 266 g/mol. The molecule has 0 aliphatic rings. The molecule has 0 saturated heterocycles. The van der Waals surface area contributed by atoms with Crippen molar-refractivity contribution in [2.45, 2.75) is 19.8 Å². The zero-order chi connectivity index (χ0) is 13.1. The van der Waals surface area contributed by atoms with Crippen LogP contribution in [0.25, 0.3) is 0 Å². The first-order valence-electron chi connectivity index (χ1n) is 5.61. The Kier molecular flexibility index (Phi) is 3.81. The molecule has 1 heterocycles. The maximum absolute atomic E-state index is 13.1. The third kappa shape index (κ3) is 3.20. The van der Waals surface area contributed by atoms with E-state index < -0.39 is 11.6 Å². The number of rotatable bonds is 3. The number of benzene rings is 1. The second-order valence-electron chi connectivity index (χ2n) is 4.00. The van der Waals surface area contributed by atoms with Crippen LogP contribution < -0.4 is 0 Å². The molecule has 0 unspecified atom stereocenters. The minimum Gasteiger partial charge on any atom is -0.347 e. The fourth-order valence-electron chi connectivity index (χ4n) is 1.74. The van der Waals surface area contributed by atoms with Gasteiger partial charge in [-0.05, 0) is 30.2 Å². The summed E-state index contributed by atoms with van der Waals surface area (Å²) in [5.74, 6) is -0.560. The third-order valence-electron chi connectivity index (χ3n) is 2.52.